The van der Waals surface area contributed by atoms with E-state index in [-0.39, 0.29) is 5.78 Å². The van der Waals surface area contributed by atoms with Crippen molar-refractivity contribution in [3.05, 3.63) is 12.2 Å². The fourth-order valence-corrected chi connectivity index (χ4v) is 1.53. The molecular weight excluding hydrogens is 152 g/mol. The van der Waals surface area contributed by atoms with Crippen molar-refractivity contribution in [1.82, 2.24) is 0 Å². The Labute approximate surface area is 73.6 Å². The van der Waals surface area contributed by atoms with Crippen LogP contribution >= 0.6 is 0 Å². The van der Waals surface area contributed by atoms with Gasteiger partial charge >= 0.3 is 0 Å². The van der Waals surface area contributed by atoms with E-state index >= 15 is 0 Å². The average molecular weight is 168 g/mol. The summed E-state index contributed by atoms with van der Waals surface area (Å²) in [6.07, 6.45) is 3.34. The number of methoxy groups -OCH3 is 1. The fourth-order valence-electron chi connectivity index (χ4n) is 1.53. The Balaban J connectivity index is 2.55. The molecule has 0 aromatic heterocycles. The number of ketones is 1. The van der Waals surface area contributed by atoms with Gasteiger partial charge in [0.15, 0.2) is 5.78 Å². The van der Waals surface area contributed by atoms with Crippen LogP contribution in [0.2, 0.25) is 0 Å². The van der Waals surface area contributed by atoms with Gasteiger partial charge in [-0.2, -0.15) is 0 Å². The first-order chi connectivity index (χ1) is 5.60. The van der Waals surface area contributed by atoms with Crippen LogP contribution in [0.1, 0.15) is 32.6 Å². The summed E-state index contributed by atoms with van der Waals surface area (Å²) in [7, 11) is 1.62. The van der Waals surface area contributed by atoms with Gasteiger partial charge in [0.05, 0.1) is 0 Å². The van der Waals surface area contributed by atoms with Crippen molar-refractivity contribution < 1.29 is 9.53 Å². The van der Waals surface area contributed by atoms with Crippen LogP contribution in [0.5, 0.6) is 0 Å². The third-order valence-corrected chi connectivity index (χ3v) is 2.52. The monoisotopic (exact) mass is 168 g/mol. The maximum absolute atomic E-state index is 11.6. The van der Waals surface area contributed by atoms with Crippen molar-refractivity contribution >= 4 is 5.78 Å². The normalized spacial score (nSPS) is 19.8. The molecule has 12 heavy (non-hydrogen) atoms. The molecule has 0 aliphatic heterocycles. The van der Waals surface area contributed by atoms with Gasteiger partial charge in [0.1, 0.15) is 5.60 Å². The van der Waals surface area contributed by atoms with Crippen molar-refractivity contribution in [2.45, 2.75) is 38.2 Å². The second-order valence-corrected chi connectivity index (χ2v) is 3.61. The topological polar surface area (TPSA) is 26.3 Å². The smallest absolute Gasteiger partial charge is 0.168 e. The molecule has 1 saturated carbocycles. The molecule has 0 aromatic rings. The lowest BCUT2D eigenvalue weighted by Crippen LogP contribution is -2.47. The molecule has 0 N–H and O–H groups in total. The minimum Gasteiger partial charge on any atom is -0.370 e. The van der Waals surface area contributed by atoms with E-state index in [4.69, 9.17) is 4.74 Å². The predicted octanol–water partition coefficient (Wildman–Crippen LogP) is 2.09. The van der Waals surface area contributed by atoms with Gasteiger partial charge in [-0.3, -0.25) is 4.79 Å². The molecule has 0 bridgehead atoms. The minimum atomic E-state index is -0.445. The summed E-state index contributed by atoms with van der Waals surface area (Å²) >= 11 is 0. The summed E-state index contributed by atoms with van der Waals surface area (Å²) in [4.78, 5) is 11.6. The molecule has 0 radical (unpaired) electrons. The van der Waals surface area contributed by atoms with Gasteiger partial charge in [0, 0.05) is 13.5 Å². The van der Waals surface area contributed by atoms with Gasteiger partial charge in [-0.15, -0.1) is 0 Å². The molecule has 1 rings (SSSR count). The van der Waals surface area contributed by atoms with Crippen LogP contribution in [0.15, 0.2) is 12.2 Å². The number of hydrogen-bond donors (Lipinski definition) is 0. The molecule has 2 heteroatoms. The van der Waals surface area contributed by atoms with Crippen molar-refractivity contribution in [2.24, 2.45) is 0 Å². The van der Waals surface area contributed by atoms with Crippen LogP contribution in [0.3, 0.4) is 0 Å². The molecule has 68 valence electrons. The Morgan fingerprint density at radius 2 is 2.17 bits per heavy atom. The SMILES string of the molecule is C=C(C)CC(=O)C1(OC)CCC1. The largest absolute Gasteiger partial charge is 0.370 e. The first-order valence-corrected chi connectivity index (χ1v) is 4.33. The highest BCUT2D eigenvalue weighted by Crippen LogP contribution is 2.37. The first-order valence-electron chi connectivity index (χ1n) is 4.33. The van der Waals surface area contributed by atoms with Crippen LogP contribution in [0.25, 0.3) is 0 Å². The molecule has 0 atom stereocenters. The number of hydrogen-bond acceptors (Lipinski definition) is 2. The number of carbonyl (C=O) groups is 1. The second kappa shape index (κ2) is 3.40. The number of rotatable bonds is 4. The van der Waals surface area contributed by atoms with Crippen molar-refractivity contribution in [3.8, 4) is 0 Å². The maximum atomic E-state index is 11.6. The highest BCUT2D eigenvalue weighted by molar-refractivity contribution is 5.89. The van der Waals surface area contributed by atoms with Crippen molar-refractivity contribution in [1.29, 1.82) is 0 Å². The summed E-state index contributed by atoms with van der Waals surface area (Å²) in [6, 6.07) is 0. The lowest BCUT2D eigenvalue weighted by molar-refractivity contribution is -0.151. The quantitative estimate of drug-likeness (QED) is 0.601. The van der Waals surface area contributed by atoms with E-state index in [1.54, 1.807) is 7.11 Å². The molecule has 0 unspecified atom stereocenters. The van der Waals surface area contributed by atoms with Gasteiger partial charge in [0.25, 0.3) is 0 Å². The summed E-state index contributed by atoms with van der Waals surface area (Å²) in [5.41, 5.74) is 0.474. The summed E-state index contributed by atoms with van der Waals surface area (Å²) in [5, 5.41) is 0. The second-order valence-electron chi connectivity index (χ2n) is 3.61. The Bertz CT molecular complexity index is 196. The lowest BCUT2D eigenvalue weighted by atomic mass is 9.75. The third-order valence-electron chi connectivity index (χ3n) is 2.52. The Hall–Kier alpha value is -0.630. The highest BCUT2D eigenvalue weighted by Gasteiger charge is 2.43. The van der Waals surface area contributed by atoms with E-state index < -0.39 is 5.60 Å². The minimum absolute atomic E-state index is 0.198. The number of Topliss-reactive ketones (excluding diaryl/α,β-unsaturated/α-hetero) is 1. The van der Waals surface area contributed by atoms with Crippen LogP contribution in [0, 0.1) is 0 Å². The predicted molar refractivity (Wildman–Crippen MR) is 48.0 cm³/mol. The molecule has 0 amide bonds. The van der Waals surface area contributed by atoms with Crippen LogP contribution in [-0.2, 0) is 9.53 Å². The standard InChI is InChI=1S/C10H16O2/c1-8(2)7-9(11)10(12-3)5-4-6-10/h1,4-7H2,2-3H3. The van der Waals surface area contributed by atoms with Gasteiger partial charge in [-0.25, -0.2) is 0 Å². The Morgan fingerprint density at radius 1 is 1.58 bits per heavy atom. The summed E-state index contributed by atoms with van der Waals surface area (Å²) < 4.78 is 5.25. The zero-order valence-electron chi connectivity index (χ0n) is 7.85. The van der Waals surface area contributed by atoms with Gasteiger partial charge in [0.2, 0.25) is 0 Å². The number of ether oxygens (including phenoxy) is 1. The zero-order valence-corrected chi connectivity index (χ0v) is 7.85. The molecule has 1 aliphatic carbocycles. The van der Waals surface area contributed by atoms with E-state index in [1.165, 1.54) is 0 Å². The molecular formula is C10H16O2. The van der Waals surface area contributed by atoms with E-state index in [2.05, 4.69) is 6.58 Å². The van der Waals surface area contributed by atoms with Crippen LogP contribution in [0.4, 0.5) is 0 Å². The van der Waals surface area contributed by atoms with Crippen LogP contribution in [-0.4, -0.2) is 18.5 Å². The van der Waals surface area contributed by atoms with Crippen molar-refractivity contribution in [2.75, 3.05) is 7.11 Å². The lowest BCUT2D eigenvalue weighted by Gasteiger charge is -2.38. The van der Waals surface area contributed by atoms with Gasteiger partial charge in [-0.1, -0.05) is 12.2 Å². The van der Waals surface area contributed by atoms with E-state index in [0.29, 0.717) is 6.42 Å². The fraction of sp³-hybridized carbons (Fsp3) is 0.700. The van der Waals surface area contributed by atoms with E-state index in [1.807, 2.05) is 6.92 Å². The highest BCUT2D eigenvalue weighted by atomic mass is 16.5. The molecule has 1 aliphatic rings. The maximum Gasteiger partial charge on any atom is 0.168 e. The molecule has 0 heterocycles. The number of allylic oxidation sites excluding steroid dienone is 1. The van der Waals surface area contributed by atoms with E-state index in [9.17, 15) is 4.79 Å². The molecule has 0 spiro atoms. The number of carbonyl (C=O) groups excluding carboxylic acids is 1. The Morgan fingerprint density at radius 3 is 2.42 bits per heavy atom. The third kappa shape index (κ3) is 1.58. The summed E-state index contributed by atoms with van der Waals surface area (Å²) in [5.74, 6) is 0.198. The van der Waals surface area contributed by atoms with Gasteiger partial charge < -0.3 is 4.74 Å². The Kier molecular flexibility index (Phi) is 2.68. The average Bonchev–Trinajstić information content (AvgIpc) is 1.83. The van der Waals surface area contributed by atoms with Crippen LogP contribution < -0.4 is 0 Å². The first kappa shape index (κ1) is 9.46. The molecule has 1 fully saturated rings. The van der Waals surface area contributed by atoms with Crippen molar-refractivity contribution in [3.63, 3.8) is 0 Å². The van der Waals surface area contributed by atoms with E-state index in [0.717, 1.165) is 24.8 Å². The summed E-state index contributed by atoms with van der Waals surface area (Å²) in [6.45, 7) is 5.60. The molecule has 2 nitrogen and oxygen atoms in total. The zero-order chi connectivity index (χ0) is 9.19. The molecule has 0 saturated heterocycles. The van der Waals surface area contributed by atoms with Gasteiger partial charge in [-0.05, 0) is 26.2 Å². The molecule has 0 aromatic carbocycles.